The zero-order valence-electron chi connectivity index (χ0n) is 14.7. The van der Waals surface area contributed by atoms with E-state index < -0.39 is 22.0 Å². The molecule has 0 spiro atoms. The van der Waals surface area contributed by atoms with Gasteiger partial charge in [0.2, 0.25) is 10.0 Å². The molecular formula is C18H21NO6S. The number of hydrogen-bond donors (Lipinski definition) is 1. The van der Waals surface area contributed by atoms with Crippen LogP contribution in [0.4, 0.5) is 0 Å². The maximum atomic E-state index is 12.8. The molecule has 1 N–H and O–H groups in total. The van der Waals surface area contributed by atoms with Crippen LogP contribution in [0.3, 0.4) is 0 Å². The second kappa shape index (κ2) is 8.20. The lowest BCUT2D eigenvalue weighted by Gasteiger charge is -2.25. The molecule has 0 aliphatic carbocycles. The summed E-state index contributed by atoms with van der Waals surface area (Å²) in [6, 6.07) is 11.4. The topological polar surface area (TPSA) is 93.1 Å². The second-order valence-corrected chi connectivity index (χ2v) is 7.57. The molecule has 0 aliphatic rings. The summed E-state index contributed by atoms with van der Waals surface area (Å²) in [5, 5.41) is 9.63. The molecule has 0 radical (unpaired) electrons. The smallest absolute Gasteiger partial charge is 0.322 e. The maximum Gasteiger partial charge on any atom is 0.322 e. The van der Waals surface area contributed by atoms with Crippen molar-refractivity contribution < 1.29 is 27.8 Å². The average Bonchev–Trinajstić information content (AvgIpc) is 2.65. The molecule has 0 bridgehead atoms. The third-order valence-corrected chi connectivity index (χ3v) is 5.93. The lowest BCUT2D eigenvalue weighted by atomic mass is 10.0. The third kappa shape index (κ3) is 4.14. The number of ether oxygens (including phenoxy) is 2. The number of methoxy groups -OCH3 is 2. The van der Waals surface area contributed by atoms with Crippen LogP contribution in [0.25, 0.3) is 0 Å². The Morgan fingerprint density at radius 1 is 1.12 bits per heavy atom. The summed E-state index contributed by atoms with van der Waals surface area (Å²) in [6.45, 7) is 0. The number of rotatable bonds is 8. The van der Waals surface area contributed by atoms with Crippen LogP contribution in [0, 0.1) is 0 Å². The first-order valence-corrected chi connectivity index (χ1v) is 9.22. The molecule has 0 unspecified atom stereocenters. The minimum absolute atomic E-state index is 0.0337. The van der Waals surface area contributed by atoms with E-state index in [4.69, 9.17) is 9.47 Å². The standard InChI is InChI=1S/C18H21NO6S/c1-19(26(22,23)15-7-5-4-6-8-15)16(18(20)21)12-13-11-14(24-2)9-10-17(13)25-3/h4-11,16H,12H2,1-3H3,(H,20,21)/t16-/m0/s1. The number of nitrogens with zero attached hydrogens (tertiary/aromatic N) is 1. The van der Waals surface area contributed by atoms with E-state index in [2.05, 4.69) is 0 Å². The van der Waals surface area contributed by atoms with Crippen LogP contribution in [0.2, 0.25) is 0 Å². The van der Waals surface area contributed by atoms with Gasteiger partial charge in [0.25, 0.3) is 0 Å². The van der Waals surface area contributed by atoms with Gasteiger partial charge in [0.15, 0.2) is 0 Å². The summed E-state index contributed by atoms with van der Waals surface area (Å²) in [7, 11) is 0.256. The monoisotopic (exact) mass is 379 g/mol. The molecule has 0 amide bonds. The molecule has 1 atom stereocenters. The van der Waals surface area contributed by atoms with Crippen molar-refractivity contribution in [1.29, 1.82) is 0 Å². The van der Waals surface area contributed by atoms with Gasteiger partial charge in [-0.15, -0.1) is 0 Å². The molecule has 0 aliphatic heterocycles. The van der Waals surface area contributed by atoms with Crippen molar-refractivity contribution in [2.45, 2.75) is 17.4 Å². The van der Waals surface area contributed by atoms with Gasteiger partial charge in [-0.1, -0.05) is 18.2 Å². The molecule has 2 aromatic rings. The largest absolute Gasteiger partial charge is 0.497 e. The summed E-state index contributed by atoms with van der Waals surface area (Å²) in [4.78, 5) is 11.8. The van der Waals surface area contributed by atoms with Crippen molar-refractivity contribution in [2.24, 2.45) is 0 Å². The molecule has 2 aromatic carbocycles. The maximum absolute atomic E-state index is 12.8. The van der Waals surface area contributed by atoms with E-state index in [0.29, 0.717) is 17.1 Å². The molecule has 0 saturated heterocycles. The van der Waals surface area contributed by atoms with E-state index in [-0.39, 0.29) is 11.3 Å². The lowest BCUT2D eigenvalue weighted by molar-refractivity contribution is -0.141. The predicted molar refractivity (Wildman–Crippen MR) is 96.1 cm³/mol. The molecule has 0 aromatic heterocycles. The van der Waals surface area contributed by atoms with Crippen molar-refractivity contribution in [2.75, 3.05) is 21.3 Å². The predicted octanol–water partition coefficient (Wildman–Crippen LogP) is 2.02. The summed E-state index contributed by atoms with van der Waals surface area (Å²) in [5.74, 6) is -0.266. The van der Waals surface area contributed by atoms with E-state index in [9.17, 15) is 18.3 Å². The van der Waals surface area contributed by atoms with Crippen molar-refractivity contribution in [1.82, 2.24) is 4.31 Å². The summed E-state index contributed by atoms with van der Waals surface area (Å²) < 4.78 is 36.8. The normalized spacial score (nSPS) is 12.6. The van der Waals surface area contributed by atoms with E-state index in [1.165, 1.54) is 33.4 Å². The van der Waals surface area contributed by atoms with E-state index in [1.807, 2.05) is 0 Å². The van der Waals surface area contributed by atoms with Gasteiger partial charge in [-0.05, 0) is 35.9 Å². The Morgan fingerprint density at radius 2 is 1.77 bits per heavy atom. The molecule has 0 saturated carbocycles. The van der Waals surface area contributed by atoms with Crippen molar-refractivity contribution in [3.8, 4) is 11.5 Å². The molecule has 0 fully saturated rings. The number of sulfonamides is 1. The van der Waals surface area contributed by atoms with Crippen molar-refractivity contribution in [3.05, 3.63) is 54.1 Å². The summed E-state index contributed by atoms with van der Waals surface area (Å²) in [5.41, 5.74) is 0.536. The number of benzene rings is 2. The number of carboxylic acids is 1. The highest BCUT2D eigenvalue weighted by atomic mass is 32.2. The van der Waals surface area contributed by atoms with Crippen LogP contribution in [0.15, 0.2) is 53.4 Å². The van der Waals surface area contributed by atoms with Crippen molar-refractivity contribution >= 4 is 16.0 Å². The summed E-state index contributed by atoms with van der Waals surface area (Å²) in [6.07, 6.45) is -0.0712. The lowest BCUT2D eigenvalue weighted by Crippen LogP contribution is -2.43. The van der Waals surface area contributed by atoms with Gasteiger partial charge in [0, 0.05) is 13.5 Å². The SMILES string of the molecule is COc1ccc(OC)c(C[C@@H](C(=O)O)N(C)S(=O)(=O)c2ccccc2)c1. The number of aliphatic carboxylic acids is 1. The van der Waals surface area contributed by atoms with Gasteiger partial charge in [0.1, 0.15) is 17.5 Å². The van der Waals surface area contributed by atoms with Crippen LogP contribution in [0.1, 0.15) is 5.56 Å². The van der Waals surface area contributed by atoms with E-state index in [0.717, 1.165) is 4.31 Å². The second-order valence-electron chi connectivity index (χ2n) is 5.57. The minimum Gasteiger partial charge on any atom is -0.497 e. The minimum atomic E-state index is -3.96. The van der Waals surface area contributed by atoms with Crippen LogP contribution >= 0.6 is 0 Å². The van der Waals surface area contributed by atoms with Crippen LogP contribution in [0.5, 0.6) is 11.5 Å². The molecule has 8 heteroatoms. The number of likely N-dealkylation sites (N-methyl/N-ethyl adjacent to an activating group) is 1. The Morgan fingerprint density at radius 3 is 2.31 bits per heavy atom. The van der Waals surface area contributed by atoms with E-state index >= 15 is 0 Å². The number of carbonyl (C=O) groups is 1. The number of hydrogen-bond acceptors (Lipinski definition) is 5. The molecule has 2 rings (SSSR count). The van der Waals surface area contributed by atoms with Crippen LogP contribution in [-0.4, -0.2) is 51.1 Å². The zero-order chi connectivity index (χ0) is 19.3. The van der Waals surface area contributed by atoms with Crippen LogP contribution < -0.4 is 9.47 Å². The Bertz CT molecular complexity index is 867. The highest BCUT2D eigenvalue weighted by molar-refractivity contribution is 7.89. The first-order chi connectivity index (χ1) is 12.3. The van der Waals surface area contributed by atoms with Gasteiger partial charge in [0.05, 0.1) is 19.1 Å². The average molecular weight is 379 g/mol. The third-order valence-electron chi connectivity index (χ3n) is 4.04. The van der Waals surface area contributed by atoms with Gasteiger partial charge in [-0.25, -0.2) is 8.42 Å². The first kappa shape index (κ1) is 19.7. The zero-order valence-corrected chi connectivity index (χ0v) is 15.6. The Labute approximate surface area is 152 Å². The summed E-state index contributed by atoms with van der Waals surface area (Å²) >= 11 is 0. The number of carboxylic acid groups (broad SMARTS) is 1. The van der Waals surface area contributed by atoms with Gasteiger partial charge in [-0.2, -0.15) is 4.31 Å². The molecule has 0 heterocycles. The quantitative estimate of drug-likeness (QED) is 0.754. The van der Waals surface area contributed by atoms with Crippen LogP contribution in [-0.2, 0) is 21.2 Å². The molecule has 7 nitrogen and oxygen atoms in total. The molecule has 26 heavy (non-hydrogen) atoms. The Balaban J connectivity index is 2.40. The molecule has 140 valence electrons. The van der Waals surface area contributed by atoms with E-state index in [1.54, 1.807) is 36.4 Å². The highest BCUT2D eigenvalue weighted by Crippen LogP contribution is 2.27. The first-order valence-electron chi connectivity index (χ1n) is 7.78. The molecular weight excluding hydrogens is 358 g/mol. The van der Waals surface area contributed by atoms with Crippen molar-refractivity contribution in [3.63, 3.8) is 0 Å². The Hall–Kier alpha value is -2.58. The van der Waals surface area contributed by atoms with Gasteiger partial charge in [-0.3, -0.25) is 4.79 Å². The fourth-order valence-corrected chi connectivity index (χ4v) is 3.88. The fraction of sp³-hybridized carbons (Fsp3) is 0.278. The highest BCUT2D eigenvalue weighted by Gasteiger charge is 2.33. The van der Waals surface area contributed by atoms with Gasteiger partial charge < -0.3 is 14.6 Å². The van der Waals surface area contributed by atoms with Gasteiger partial charge >= 0.3 is 5.97 Å². The fourth-order valence-electron chi connectivity index (χ4n) is 2.55. The Kier molecular flexibility index (Phi) is 6.23.